The van der Waals surface area contributed by atoms with Gasteiger partial charge in [-0.25, -0.2) is 4.98 Å². The molecule has 0 N–H and O–H groups in total. The molecule has 6 nitrogen and oxygen atoms in total. The van der Waals surface area contributed by atoms with E-state index in [1.165, 1.54) is 5.56 Å². The maximum absolute atomic E-state index is 6.29. The standard InChI is InChI=1S/C17H18ClN5O/c18-16-4-3-13(17-15(16)2-1-5-20-17)8-22-6-7-24-14(9-22)10-23-12-19-11-21-23/h1-5,11-12,14H,6-10H2. The van der Waals surface area contributed by atoms with Crippen LogP contribution in [0.1, 0.15) is 5.56 Å². The van der Waals surface area contributed by atoms with Crippen LogP contribution in [0, 0.1) is 0 Å². The Hall–Kier alpha value is -2.02. The molecule has 1 atom stereocenters. The molecule has 3 heterocycles. The quantitative estimate of drug-likeness (QED) is 0.728. The molecule has 1 fully saturated rings. The van der Waals surface area contributed by atoms with Gasteiger partial charge in [-0.3, -0.25) is 14.6 Å². The van der Waals surface area contributed by atoms with Crippen molar-refractivity contribution in [1.82, 2.24) is 24.6 Å². The minimum absolute atomic E-state index is 0.118. The molecule has 7 heteroatoms. The second-order valence-electron chi connectivity index (χ2n) is 5.95. The van der Waals surface area contributed by atoms with Gasteiger partial charge < -0.3 is 4.74 Å². The van der Waals surface area contributed by atoms with Gasteiger partial charge in [-0.15, -0.1) is 0 Å². The lowest BCUT2D eigenvalue weighted by molar-refractivity contribution is -0.0401. The summed E-state index contributed by atoms with van der Waals surface area (Å²) in [5.41, 5.74) is 2.17. The number of aromatic nitrogens is 4. The Labute approximate surface area is 145 Å². The first-order valence-electron chi connectivity index (χ1n) is 7.98. The molecule has 24 heavy (non-hydrogen) atoms. The lowest BCUT2D eigenvalue weighted by atomic mass is 10.1. The number of nitrogens with zero attached hydrogens (tertiary/aromatic N) is 5. The van der Waals surface area contributed by atoms with E-state index < -0.39 is 0 Å². The summed E-state index contributed by atoms with van der Waals surface area (Å²) in [6.07, 6.45) is 5.20. The van der Waals surface area contributed by atoms with Gasteiger partial charge in [0.05, 0.1) is 24.8 Å². The highest BCUT2D eigenvalue weighted by atomic mass is 35.5. The molecule has 0 radical (unpaired) electrons. The van der Waals surface area contributed by atoms with Crippen LogP contribution in [0.2, 0.25) is 5.02 Å². The summed E-state index contributed by atoms with van der Waals surface area (Å²) in [5, 5.41) is 5.90. The number of hydrogen-bond acceptors (Lipinski definition) is 5. The third-order valence-corrected chi connectivity index (χ3v) is 4.60. The zero-order valence-electron chi connectivity index (χ0n) is 13.2. The smallest absolute Gasteiger partial charge is 0.137 e. The minimum atomic E-state index is 0.118. The molecule has 124 valence electrons. The Morgan fingerprint density at radius 3 is 3.12 bits per heavy atom. The Kier molecular flexibility index (Phi) is 4.42. The lowest BCUT2D eigenvalue weighted by Crippen LogP contribution is -2.43. The van der Waals surface area contributed by atoms with E-state index in [0.29, 0.717) is 0 Å². The summed E-state index contributed by atoms with van der Waals surface area (Å²) in [4.78, 5) is 10.9. The van der Waals surface area contributed by atoms with Crippen molar-refractivity contribution in [3.05, 3.63) is 53.7 Å². The Morgan fingerprint density at radius 1 is 1.29 bits per heavy atom. The first-order valence-corrected chi connectivity index (χ1v) is 8.36. The molecule has 3 aromatic rings. The number of pyridine rings is 1. The van der Waals surface area contributed by atoms with Gasteiger partial charge in [-0.2, -0.15) is 5.10 Å². The van der Waals surface area contributed by atoms with Crippen molar-refractivity contribution in [2.24, 2.45) is 0 Å². The predicted molar refractivity (Wildman–Crippen MR) is 91.8 cm³/mol. The highest BCUT2D eigenvalue weighted by Gasteiger charge is 2.22. The molecule has 0 bridgehead atoms. The van der Waals surface area contributed by atoms with Gasteiger partial charge in [0.25, 0.3) is 0 Å². The van der Waals surface area contributed by atoms with Crippen molar-refractivity contribution in [1.29, 1.82) is 0 Å². The van der Waals surface area contributed by atoms with Crippen molar-refractivity contribution in [2.45, 2.75) is 19.2 Å². The number of halogens is 1. The van der Waals surface area contributed by atoms with Gasteiger partial charge in [-0.05, 0) is 23.8 Å². The van der Waals surface area contributed by atoms with Gasteiger partial charge in [0.2, 0.25) is 0 Å². The second kappa shape index (κ2) is 6.84. The summed E-state index contributed by atoms with van der Waals surface area (Å²) < 4.78 is 7.67. The minimum Gasteiger partial charge on any atom is -0.374 e. The summed E-state index contributed by atoms with van der Waals surface area (Å²) in [6, 6.07) is 7.95. The fourth-order valence-electron chi connectivity index (χ4n) is 3.14. The molecule has 4 rings (SSSR count). The Morgan fingerprint density at radius 2 is 2.25 bits per heavy atom. The molecule has 0 saturated carbocycles. The van der Waals surface area contributed by atoms with E-state index >= 15 is 0 Å². The van der Waals surface area contributed by atoms with Crippen LogP contribution in [0.25, 0.3) is 10.9 Å². The fourth-order valence-corrected chi connectivity index (χ4v) is 3.35. The number of hydrogen-bond donors (Lipinski definition) is 0. The van der Waals surface area contributed by atoms with Crippen LogP contribution in [-0.4, -0.2) is 50.4 Å². The van der Waals surface area contributed by atoms with Crippen molar-refractivity contribution < 1.29 is 4.74 Å². The second-order valence-corrected chi connectivity index (χ2v) is 6.36. The van der Waals surface area contributed by atoms with E-state index in [2.05, 4.69) is 26.0 Å². The molecule has 0 amide bonds. The zero-order valence-corrected chi connectivity index (χ0v) is 13.9. The van der Waals surface area contributed by atoms with Gasteiger partial charge in [0.15, 0.2) is 0 Å². The summed E-state index contributed by atoms with van der Waals surface area (Å²) >= 11 is 6.29. The topological polar surface area (TPSA) is 56.1 Å². The van der Waals surface area contributed by atoms with Crippen molar-refractivity contribution in [3.63, 3.8) is 0 Å². The molecule has 1 unspecified atom stereocenters. The molecule has 1 aliphatic rings. The molecule has 1 aliphatic heterocycles. The molecule has 0 aliphatic carbocycles. The van der Waals surface area contributed by atoms with Crippen molar-refractivity contribution in [3.8, 4) is 0 Å². The van der Waals surface area contributed by atoms with Crippen LogP contribution in [0.3, 0.4) is 0 Å². The lowest BCUT2D eigenvalue weighted by Gasteiger charge is -2.33. The fraction of sp³-hybridized carbons (Fsp3) is 0.353. The summed E-state index contributed by atoms with van der Waals surface area (Å²) in [6.45, 7) is 4.04. The third-order valence-electron chi connectivity index (χ3n) is 4.27. The Bertz CT molecular complexity index is 823. The molecule has 1 aromatic carbocycles. The van der Waals surface area contributed by atoms with Crippen LogP contribution in [-0.2, 0) is 17.8 Å². The molecular formula is C17H18ClN5O. The van der Waals surface area contributed by atoms with Crippen LogP contribution in [0.15, 0.2) is 43.1 Å². The number of morpholine rings is 1. The third kappa shape index (κ3) is 3.26. The van der Waals surface area contributed by atoms with E-state index in [4.69, 9.17) is 16.3 Å². The zero-order chi connectivity index (χ0) is 16.4. The van der Waals surface area contributed by atoms with Gasteiger partial charge in [-0.1, -0.05) is 17.7 Å². The predicted octanol–water partition coefficient (Wildman–Crippen LogP) is 2.38. The van der Waals surface area contributed by atoms with E-state index in [1.807, 2.05) is 29.1 Å². The highest BCUT2D eigenvalue weighted by Crippen LogP contribution is 2.26. The number of benzene rings is 1. The molecule has 1 saturated heterocycles. The first-order chi connectivity index (χ1) is 11.8. The normalized spacial score (nSPS) is 19.0. The van der Waals surface area contributed by atoms with Crippen LogP contribution in [0.5, 0.6) is 0 Å². The van der Waals surface area contributed by atoms with Crippen LogP contribution in [0.4, 0.5) is 0 Å². The average molecular weight is 344 g/mol. The van der Waals surface area contributed by atoms with E-state index in [9.17, 15) is 0 Å². The van der Waals surface area contributed by atoms with Crippen LogP contribution < -0.4 is 0 Å². The molecule has 0 spiro atoms. The maximum Gasteiger partial charge on any atom is 0.137 e. The van der Waals surface area contributed by atoms with E-state index in [1.54, 1.807) is 12.7 Å². The maximum atomic E-state index is 6.29. The summed E-state index contributed by atoms with van der Waals surface area (Å²) in [7, 11) is 0. The average Bonchev–Trinajstić information content (AvgIpc) is 3.11. The van der Waals surface area contributed by atoms with Gasteiger partial charge >= 0.3 is 0 Å². The van der Waals surface area contributed by atoms with E-state index in [0.717, 1.165) is 48.7 Å². The largest absolute Gasteiger partial charge is 0.374 e. The molecular weight excluding hydrogens is 326 g/mol. The number of fused-ring (bicyclic) bond motifs is 1. The monoisotopic (exact) mass is 343 g/mol. The van der Waals surface area contributed by atoms with E-state index in [-0.39, 0.29) is 6.10 Å². The SMILES string of the molecule is Clc1ccc(CN2CCOC(Cn3cncn3)C2)c2ncccc12. The van der Waals surface area contributed by atoms with Gasteiger partial charge in [0.1, 0.15) is 12.7 Å². The number of ether oxygens (including phenoxy) is 1. The van der Waals surface area contributed by atoms with Crippen LogP contribution >= 0.6 is 11.6 Å². The highest BCUT2D eigenvalue weighted by molar-refractivity contribution is 6.35. The van der Waals surface area contributed by atoms with Crippen molar-refractivity contribution >= 4 is 22.5 Å². The molecule has 2 aromatic heterocycles. The summed E-state index contributed by atoms with van der Waals surface area (Å²) in [5.74, 6) is 0. The first kappa shape index (κ1) is 15.5. The van der Waals surface area contributed by atoms with Gasteiger partial charge in [0, 0.05) is 36.2 Å². The Balaban J connectivity index is 1.50. The number of rotatable bonds is 4. The van der Waals surface area contributed by atoms with Crippen molar-refractivity contribution in [2.75, 3.05) is 19.7 Å².